The topological polar surface area (TPSA) is 46.2 Å². The number of halogens is 4. The predicted molar refractivity (Wildman–Crippen MR) is 64.1 cm³/mol. The van der Waals surface area contributed by atoms with Gasteiger partial charge in [-0.2, -0.15) is 0 Å². The van der Waals surface area contributed by atoms with Crippen molar-refractivity contribution in [1.29, 1.82) is 0 Å². The Balaban J connectivity index is 3.36. The molecule has 1 aromatic rings. The number of alkyl halides is 1. The van der Waals surface area contributed by atoms with Gasteiger partial charge in [-0.25, -0.2) is 4.39 Å². The smallest absolute Gasteiger partial charge is 0.144 e. The van der Waals surface area contributed by atoms with Crippen molar-refractivity contribution in [2.24, 2.45) is 5.73 Å². The molecular formula is C8H7Br3FNO. The van der Waals surface area contributed by atoms with Gasteiger partial charge < -0.3 is 10.8 Å². The standard InChI is InChI=1S/C8H7Br3FNO/c9-3-1-4(10)8(14)7(11)6(3)5(13)2-12/h1,5,14H,2,13H2/t5-/m0/s1. The third-order valence-electron chi connectivity index (χ3n) is 1.72. The molecular weight excluding hydrogens is 385 g/mol. The molecule has 0 aliphatic rings. The Bertz CT molecular complexity index is 359. The maximum absolute atomic E-state index is 12.4. The summed E-state index contributed by atoms with van der Waals surface area (Å²) in [6.45, 7) is -0.682. The summed E-state index contributed by atoms with van der Waals surface area (Å²) in [5.41, 5.74) is 6.07. The van der Waals surface area contributed by atoms with Gasteiger partial charge in [0.2, 0.25) is 0 Å². The highest BCUT2D eigenvalue weighted by atomic mass is 79.9. The SMILES string of the molecule is N[C@@H](CF)c1c(Br)cc(Br)c(O)c1Br. The molecule has 6 heteroatoms. The normalized spacial score (nSPS) is 12.9. The molecule has 0 fully saturated rings. The van der Waals surface area contributed by atoms with Crippen LogP contribution in [0.1, 0.15) is 11.6 Å². The molecule has 0 unspecified atom stereocenters. The number of benzene rings is 1. The van der Waals surface area contributed by atoms with E-state index in [1.165, 1.54) is 0 Å². The Hall–Kier alpha value is 0.350. The summed E-state index contributed by atoms with van der Waals surface area (Å²) in [4.78, 5) is 0. The van der Waals surface area contributed by atoms with Crippen molar-refractivity contribution in [3.05, 3.63) is 25.0 Å². The fraction of sp³-hybridized carbons (Fsp3) is 0.250. The van der Waals surface area contributed by atoms with Crippen molar-refractivity contribution >= 4 is 47.8 Å². The van der Waals surface area contributed by atoms with E-state index in [-0.39, 0.29) is 5.75 Å². The minimum atomic E-state index is -0.752. The highest BCUT2D eigenvalue weighted by molar-refractivity contribution is 9.11. The van der Waals surface area contributed by atoms with E-state index in [2.05, 4.69) is 47.8 Å². The highest BCUT2D eigenvalue weighted by Gasteiger charge is 2.18. The van der Waals surface area contributed by atoms with Gasteiger partial charge >= 0.3 is 0 Å². The van der Waals surface area contributed by atoms with Crippen molar-refractivity contribution in [1.82, 2.24) is 0 Å². The molecule has 0 bridgehead atoms. The largest absolute Gasteiger partial charge is 0.506 e. The van der Waals surface area contributed by atoms with Gasteiger partial charge in [0.05, 0.1) is 15.0 Å². The second-order valence-electron chi connectivity index (χ2n) is 2.68. The zero-order valence-corrected chi connectivity index (χ0v) is 11.7. The lowest BCUT2D eigenvalue weighted by atomic mass is 10.1. The number of hydrogen-bond acceptors (Lipinski definition) is 2. The molecule has 1 rings (SSSR count). The van der Waals surface area contributed by atoms with E-state index in [4.69, 9.17) is 5.73 Å². The molecule has 0 saturated carbocycles. The third kappa shape index (κ3) is 2.29. The van der Waals surface area contributed by atoms with Crippen molar-refractivity contribution in [2.75, 3.05) is 6.67 Å². The van der Waals surface area contributed by atoms with Crippen LogP contribution in [0.4, 0.5) is 4.39 Å². The van der Waals surface area contributed by atoms with Crippen LogP contribution in [0.25, 0.3) is 0 Å². The van der Waals surface area contributed by atoms with Crippen LogP contribution < -0.4 is 5.73 Å². The fourth-order valence-corrected chi connectivity index (χ4v) is 3.72. The van der Waals surface area contributed by atoms with E-state index in [0.29, 0.717) is 19.0 Å². The Kier molecular flexibility index (Phi) is 4.36. The van der Waals surface area contributed by atoms with Crippen LogP contribution in [0.3, 0.4) is 0 Å². The summed E-state index contributed by atoms with van der Waals surface area (Å²) in [6, 6.07) is 0.878. The number of aromatic hydroxyl groups is 1. The first-order chi connectivity index (χ1) is 6.49. The first kappa shape index (κ1) is 12.4. The van der Waals surface area contributed by atoms with Crippen LogP contribution in [0.2, 0.25) is 0 Å². The van der Waals surface area contributed by atoms with Gasteiger partial charge in [0, 0.05) is 10.0 Å². The molecule has 14 heavy (non-hydrogen) atoms. The Labute approximate surface area is 106 Å². The molecule has 0 aromatic heterocycles. The van der Waals surface area contributed by atoms with Gasteiger partial charge in [0.15, 0.2) is 0 Å². The number of hydrogen-bond donors (Lipinski definition) is 2. The molecule has 78 valence electrons. The molecule has 0 aliphatic carbocycles. The first-order valence-corrected chi connectivity index (χ1v) is 6.04. The van der Waals surface area contributed by atoms with E-state index in [9.17, 15) is 9.50 Å². The molecule has 0 heterocycles. The van der Waals surface area contributed by atoms with Crippen LogP contribution in [0.15, 0.2) is 19.5 Å². The lowest BCUT2D eigenvalue weighted by molar-refractivity contribution is 0.430. The quantitative estimate of drug-likeness (QED) is 0.808. The van der Waals surface area contributed by atoms with Gasteiger partial charge in [0.25, 0.3) is 0 Å². The summed E-state index contributed by atoms with van der Waals surface area (Å²) >= 11 is 9.58. The van der Waals surface area contributed by atoms with Crippen LogP contribution >= 0.6 is 47.8 Å². The zero-order chi connectivity index (χ0) is 10.9. The van der Waals surface area contributed by atoms with Gasteiger partial charge in [0.1, 0.15) is 12.4 Å². The van der Waals surface area contributed by atoms with Crippen LogP contribution in [0, 0.1) is 0 Å². The van der Waals surface area contributed by atoms with Gasteiger partial charge in [-0.05, 0) is 37.9 Å². The summed E-state index contributed by atoms with van der Waals surface area (Å²) in [7, 11) is 0. The minimum Gasteiger partial charge on any atom is -0.506 e. The van der Waals surface area contributed by atoms with Crippen LogP contribution in [-0.4, -0.2) is 11.8 Å². The second kappa shape index (κ2) is 4.92. The summed E-state index contributed by atoms with van der Waals surface area (Å²) in [5.74, 6) is 0.0205. The van der Waals surface area contributed by atoms with E-state index in [1.807, 2.05) is 0 Å². The monoisotopic (exact) mass is 389 g/mol. The molecule has 0 amide bonds. The van der Waals surface area contributed by atoms with E-state index < -0.39 is 12.7 Å². The molecule has 0 aliphatic heterocycles. The van der Waals surface area contributed by atoms with E-state index in [0.717, 1.165) is 0 Å². The van der Waals surface area contributed by atoms with Crippen molar-refractivity contribution in [2.45, 2.75) is 6.04 Å². The van der Waals surface area contributed by atoms with Gasteiger partial charge in [-0.1, -0.05) is 15.9 Å². The molecule has 2 nitrogen and oxygen atoms in total. The average molecular weight is 392 g/mol. The molecule has 0 saturated heterocycles. The molecule has 3 N–H and O–H groups in total. The Morgan fingerprint density at radius 1 is 1.36 bits per heavy atom. The highest BCUT2D eigenvalue weighted by Crippen LogP contribution is 2.41. The summed E-state index contributed by atoms with van der Waals surface area (Å²) in [5, 5.41) is 9.56. The molecule has 1 aromatic carbocycles. The van der Waals surface area contributed by atoms with Crippen molar-refractivity contribution in [3.63, 3.8) is 0 Å². The van der Waals surface area contributed by atoms with Gasteiger partial charge in [-0.15, -0.1) is 0 Å². The zero-order valence-electron chi connectivity index (χ0n) is 6.90. The number of nitrogens with two attached hydrogens (primary N) is 1. The minimum absolute atomic E-state index is 0.0205. The van der Waals surface area contributed by atoms with E-state index >= 15 is 0 Å². The van der Waals surface area contributed by atoms with Crippen LogP contribution in [0.5, 0.6) is 5.75 Å². The molecule has 0 radical (unpaired) electrons. The first-order valence-electron chi connectivity index (χ1n) is 3.67. The van der Waals surface area contributed by atoms with Crippen molar-refractivity contribution in [3.8, 4) is 5.75 Å². The maximum atomic E-state index is 12.4. The number of phenolic OH excluding ortho intramolecular Hbond substituents is 1. The maximum Gasteiger partial charge on any atom is 0.144 e. The third-order valence-corrected chi connectivity index (χ3v) is 3.78. The number of phenols is 1. The molecule has 0 spiro atoms. The second-order valence-corrected chi connectivity index (χ2v) is 5.18. The van der Waals surface area contributed by atoms with E-state index in [1.54, 1.807) is 6.07 Å². The molecule has 1 atom stereocenters. The average Bonchev–Trinajstić information content (AvgIpc) is 2.14. The van der Waals surface area contributed by atoms with Crippen LogP contribution in [-0.2, 0) is 0 Å². The van der Waals surface area contributed by atoms with Gasteiger partial charge in [-0.3, -0.25) is 0 Å². The lowest BCUT2D eigenvalue weighted by Crippen LogP contribution is -2.13. The van der Waals surface area contributed by atoms with Crippen molar-refractivity contribution < 1.29 is 9.50 Å². The number of rotatable bonds is 2. The summed E-state index contributed by atoms with van der Waals surface area (Å²) in [6.07, 6.45) is 0. The Morgan fingerprint density at radius 3 is 2.43 bits per heavy atom. The summed E-state index contributed by atoms with van der Waals surface area (Å²) < 4.78 is 14.0. The lowest BCUT2D eigenvalue weighted by Gasteiger charge is -2.14. The predicted octanol–water partition coefficient (Wildman–Crippen LogP) is 3.65. The Morgan fingerprint density at radius 2 is 1.93 bits per heavy atom. The fourth-order valence-electron chi connectivity index (χ4n) is 1.01.